The third kappa shape index (κ3) is 4.45. The molecule has 1 N–H and O–H groups in total. The van der Waals surface area contributed by atoms with Gasteiger partial charge in [-0.05, 0) is 42.5 Å². The second-order valence-corrected chi connectivity index (χ2v) is 5.39. The minimum atomic E-state index is -0.571. The van der Waals surface area contributed by atoms with Crippen LogP contribution in [0.15, 0.2) is 42.5 Å². The Morgan fingerprint density at radius 1 is 1.21 bits per heavy atom. The van der Waals surface area contributed by atoms with Crippen molar-refractivity contribution in [1.29, 1.82) is 0 Å². The van der Waals surface area contributed by atoms with Crippen molar-refractivity contribution in [1.82, 2.24) is 0 Å². The maximum Gasteiger partial charge on any atom is 0.244 e. The summed E-state index contributed by atoms with van der Waals surface area (Å²) in [6, 6.07) is 10.6. The van der Waals surface area contributed by atoms with E-state index in [1.165, 1.54) is 24.0 Å². The number of rotatable bonds is 5. The van der Waals surface area contributed by atoms with Crippen LogP contribution in [0.1, 0.15) is 6.92 Å². The molecule has 0 heterocycles. The maximum atomic E-state index is 13.1. The first kappa shape index (κ1) is 17.7. The molecule has 0 aliphatic rings. The van der Waals surface area contributed by atoms with Gasteiger partial charge in [0.05, 0.1) is 12.1 Å². The van der Waals surface area contributed by atoms with Crippen molar-refractivity contribution in [2.45, 2.75) is 6.92 Å². The zero-order valence-corrected chi connectivity index (χ0v) is 13.9. The lowest BCUT2D eigenvalue weighted by molar-refractivity contribution is -0.120. The maximum absolute atomic E-state index is 13.1. The average molecular weight is 351 g/mol. The highest BCUT2D eigenvalue weighted by Gasteiger charge is 2.16. The molecule has 0 fully saturated rings. The van der Waals surface area contributed by atoms with Crippen molar-refractivity contribution < 1.29 is 18.7 Å². The predicted molar refractivity (Wildman–Crippen MR) is 91.1 cm³/mol. The first-order chi connectivity index (χ1) is 11.4. The first-order valence-electron chi connectivity index (χ1n) is 7.07. The van der Waals surface area contributed by atoms with E-state index >= 15 is 0 Å². The van der Waals surface area contributed by atoms with Gasteiger partial charge >= 0.3 is 0 Å². The van der Waals surface area contributed by atoms with Crippen molar-refractivity contribution in [3.63, 3.8) is 0 Å². The first-order valence-corrected chi connectivity index (χ1v) is 7.45. The van der Waals surface area contributed by atoms with Gasteiger partial charge in [-0.1, -0.05) is 11.6 Å². The van der Waals surface area contributed by atoms with Gasteiger partial charge in [0.1, 0.15) is 18.1 Å². The van der Waals surface area contributed by atoms with Crippen molar-refractivity contribution in [3.05, 3.63) is 53.3 Å². The van der Waals surface area contributed by atoms with E-state index in [-0.39, 0.29) is 17.5 Å². The molecule has 0 unspecified atom stereocenters. The van der Waals surface area contributed by atoms with Crippen LogP contribution in [0.3, 0.4) is 0 Å². The van der Waals surface area contributed by atoms with E-state index < -0.39 is 11.7 Å². The van der Waals surface area contributed by atoms with Crippen LogP contribution in [-0.2, 0) is 9.59 Å². The van der Waals surface area contributed by atoms with Gasteiger partial charge in [0.25, 0.3) is 0 Å². The number of amides is 2. The number of halogens is 2. The van der Waals surface area contributed by atoms with Crippen LogP contribution < -0.4 is 15.0 Å². The Hall–Kier alpha value is -2.60. The number of anilines is 2. The normalized spacial score (nSPS) is 10.2. The summed E-state index contributed by atoms with van der Waals surface area (Å²) in [5, 5.41) is 2.49. The van der Waals surface area contributed by atoms with E-state index in [0.717, 1.165) is 6.07 Å². The van der Waals surface area contributed by atoms with E-state index in [2.05, 4.69) is 5.32 Å². The highest BCUT2D eigenvalue weighted by atomic mass is 35.5. The zero-order chi connectivity index (χ0) is 17.7. The summed E-state index contributed by atoms with van der Waals surface area (Å²) >= 11 is 5.68. The number of ether oxygens (including phenoxy) is 1. The van der Waals surface area contributed by atoms with Gasteiger partial charge in [0.2, 0.25) is 11.8 Å². The standard InChI is InChI=1S/C17H16ClFN2O3/c1-11(22)21(13-4-6-14(24-2)7-5-13)10-17(23)20-12-3-8-16(19)15(18)9-12/h3-9H,10H2,1-2H3,(H,20,23). The number of methoxy groups -OCH3 is 1. The van der Waals surface area contributed by atoms with E-state index in [1.54, 1.807) is 31.4 Å². The zero-order valence-electron chi connectivity index (χ0n) is 13.2. The fourth-order valence-electron chi connectivity index (χ4n) is 2.06. The van der Waals surface area contributed by atoms with Crippen LogP contribution >= 0.6 is 11.6 Å². The summed E-state index contributed by atoms with van der Waals surface area (Å²) in [5.74, 6) is -0.637. The molecule has 7 heteroatoms. The second kappa shape index (κ2) is 7.79. The quantitative estimate of drug-likeness (QED) is 0.898. The Kier molecular flexibility index (Phi) is 5.76. The lowest BCUT2D eigenvalue weighted by Crippen LogP contribution is -2.36. The van der Waals surface area contributed by atoms with Gasteiger partial charge in [-0.15, -0.1) is 0 Å². The SMILES string of the molecule is COc1ccc(N(CC(=O)Nc2ccc(F)c(Cl)c2)C(C)=O)cc1. The van der Waals surface area contributed by atoms with Gasteiger partial charge in [-0.25, -0.2) is 4.39 Å². The number of carbonyl (C=O) groups excluding carboxylic acids is 2. The molecule has 0 bridgehead atoms. The minimum absolute atomic E-state index is 0.0913. The van der Waals surface area contributed by atoms with Crippen molar-refractivity contribution in [3.8, 4) is 5.75 Å². The smallest absolute Gasteiger partial charge is 0.244 e. The molecule has 0 aliphatic carbocycles. The van der Waals surface area contributed by atoms with Crippen LogP contribution in [0.4, 0.5) is 15.8 Å². The fraction of sp³-hybridized carbons (Fsp3) is 0.176. The Morgan fingerprint density at radius 3 is 2.42 bits per heavy atom. The molecule has 0 saturated carbocycles. The summed E-state index contributed by atoms with van der Waals surface area (Å²) in [4.78, 5) is 25.3. The van der Waals surface area contributed by atoms with Crippen LogP contribution in [0.25, 0.3) is 0 Å². The second-order valence-electron chi connectivity index (χ2n) is 4.98. The molecule has 0 spiro atoms. The van der Waals surface area contributed by atoms with E-state index in [0.29, 0.717) is 17.1 Å². The molecule has 2 amide bonds. The molecule has 2 aromatic carbocycles. The Bertz CT molecular complexity index is 750. The van der Waals surface area contributed by atoms with Crippen LogP contribution in [0.2, 0.25) is 5.02 Å². The van der Waals surface area contributed by atoms with Gasteiger partial charge in [0, 0.05) is 18.3 Å². The Balaban J connectivity index is 2.10. The molecular formula is C17H16ClFN2O3. The molecule has 5 nitrogen and oxygen atoms in total. The van der Waals surface area contributed by atoms with Gasteiger partial charge in [-0.2, -0.15) is 0 Å². The lowest BCUT2D eigenvalue weighted by Gasteiger charge is -2.21. The molecule has 2 aromatic rings. The molecule has 0 saturated heterocycles. The molecule has 0 aliphatic heterocycles. The minimum Gasteiger partial charge on any atom is -0.497 e. The van der Waals surface area contributed by atoms with E-state index in [1.807, 2.05) is 0 Å². The third-order valence-electron chi connectivity index (χ3n) is 3.27. The number of carbonyl (C=O) groups is 2. The number of benzene rings is 2. The van der Waals surface area contributed by atoms with Crippen molar-refractivity contribution >= 4 is 34.8 Å². The van der Waals surface area contributed by atoms with Crippen LogP contribution in [-0.4, -0.2) is 25.5 Å². The number of hydrogen-bond donors (Lipinski definition) is 1. The van der Waals surface area contributed by atoms with Crippen molar-refractivity contribution in [2.75, 3.05) is 23.9 Å². The Labute approximate surface area is 144 Å². The topological polar surface area (TPSA) is 58.6 Å². The van der Waals surface area contributed by atoms with Gasteiger partial charge in [-0.3, -0.25) is 9.59 Å². The molecular weight excluding hydrogens is 335 g/mol. The highest BCUT2D eigenvalue weighted by molar-refractivity contribution is 6.31. The van der Waals surface area contributed by atoms with E-state index in [9.17, 15) is 14.0 Å². The fourth-order valence-corrected chi connectivity index (χ4v) is 2.25. The Morgan fingerprint density at radius 2 is 1.88 bits per heavy atom. The molecule has 2 rings (SSSR count). The summed E-state index contributed by atoms with van der Waals surface area (Å²) < 4.78 is 18.2. The molecule has 0 atom stereocenters. The average Bonchev–Trinajstić information content (AvgIpc) is 2.56. The third-order valence-corrected chi connectivity index (χ3v) is 3.56. The highest BCUT2D eigenvalue weighted by Crippen LogP contribution is 2.21. The largest absolute Gasteiger partial charge is 0.497 e. The van der Waals surface area contributed by atoms with Gasteiger partial charge < -0.3 is 15.0 Å². The predicted octanol–water partition coefficient (Wildman–Crippen LogP) is 3.48. The monoisotopic (exact) mass is 350 g/mol. The molecule has 24 heavy (non-hydrogen) atoms. The molecule has 126 valence electrons. The van der Waals surface area contributed by atoms with Gasteiger partial charge in [0.15, 0.2) is 0 Å². The summed E-state index contributed by atoms with van der Waals surface area (Å²) in [7, 11) is 1.54. The van der Waals surface area contributed by atoms with E-state index in [4.69, 9.17) is 16.3 Å². The summed E-state index contributed by atoms with van der Waals surface area (Å²) in [5.41, 5.74) is 0.917. The summed E-state index contributed by atoms with van der Waals surface area (Å²) in [6.45, 7) is 1.18. The van der Waals surface area contributed by atoms with Crippen molar-refractivity contribution in [2.24, 2.45) is 0 Å². The van der Waals surface area contributed by atoms with Crippen LogP contribution in [0, 0.1) is 5.82 Å². The summed E-state index contributed by atoms with van der Waals surface area (Å²) in [6.07, 6.45) is 0. The molecule has 0 aromatic heterocycles. The molecule has 0 radical (unpaired) electrons. The van der Waals surface area contributed by atoms with Crippen LogP contribution in [0.5, 0.6) is 5.75 Å². The number of nitrogens with one attached hydrogen (secondary N) is 1. The number of hydrogen-bond acceptors (Lipinski definition) is 3. The lowest BCUT2D eigenvalue weighted by atomic mass is 10.2. The number of nitrogens with zero attached hydrogens (tertiary/aromatic N) is 1.